The van der Waals surface area contributed by atoms with E-state index in [1.165, 1.54) is 5.56 Å². The first-order valence-corrected chi connectivity index (χ1v) is 6.41. The van der Waals surface area contributed by atoms with E-state index in [0.29, 0.717) is 12.5 Å². The minimum Gasteiger partial charge on any atom is -0.369 e. The van der Waals surface area contributed by atoms with Crippen LogP contribution < -0.4 is 5.73 Å². The molecule has 0 spiro atoms. The van der Waals surface area contributed by atoms with Crippen LogP contribution in [0.1, 0.15) is 18.2 Å². The number of nitrogens with zero attached hydrogens (tertiary/aromatic N) is 4. The lowest BCUT2D eigenvalue weighted by Gasteiger charge is -2.05. The normalized spacial score (nSPS) is 11.3. The highest BCUT2D eigenvalue weighted by Crippen LogP contribution is 2.20. The Morgan fingerprint density at radius 3 is 2.84 bits per heavy atom. The van der Waals surface area contributed by atoms with Crippen molar-refractivity contribution in [1.29, 1.82) is 0 Å². The lowest BCUT2D eigenvalue weighted by atomic mass is 10.2. The maximum atomic E-state index is 6.02. The number of fused-ring (bicyclic) bond motifs is 1. The molecule has 0 radical (unpaired) electrons. The Morgan fingerprint density at radius 1 is 1.26 bits per heavy atom. The molecule has 0 amide bonds. The third-order valence-electron chi connectivity index (χ3n) is 3.34. The number of imidazole rings is 1. The molecule has 2 N–H and O–H groups in total. The van der Waals surface area contributed by atoms with Gasteiger partial charge in [0.1, 0.15) is 0 Å². The second-order valence-corrected chi connectivity index (χ2v) is 4.67. The number of aromatic nitrogens is 4. The van der Waals surface area contributed by atoms with E-state index < -0.39 is 0 Å². The highest BCUT2D eigenvalue weighted by Gasteiger charge is 2.11. The average Bonchev–Trinajstić information content (AvgIpc) is 2.91. The predicted molar refractivity (Wildman–Crippen MR) is 75.8 cm³/mol. The van der Waals surface area contributed by atoms with Gasteiger partial charge in [0.05, 0.1) is 23.3 Å². The highest BCUT2D eigenvalue weighted by molar-refractivity contribution is 5.78. The van der Waals surface area contributed by atoms with E-state index >= 15 is 0 Å². The molecule has 2 heterocycles. The number of benzene rings is 1. The van der Waals surface area contributed by atoms with Crippen molar-refractivity contribution in [2.45, 2.75) is 19.9 Å². The minimum absolute atomic E-state index is 0.548. The van der Waals surface area contributed by atoms with Crippen molar-refractivity contribution in [3.63, 3.8) is 0 Å². The fourth-order valence-corrected chi connectivity index (χ4v) is 2.44. The van der Waals surface area contributed by atoms with Gasteiger partial charge in [-0.25, -0.2) is 4.98 Å². The van der Waals surface area contributed by atoms with Crippen LogP contribution in [0.5, 0.6) is 0 Å². The van der Waals surface area contributed by atoms with Crippen LogP contribution in [-0.4, -0.2) is 19.3 Å². The number of aryl methyl sites for hydroxylation is 2. The minimum atomic E-state index is 0.548. The zero-order valence-corrected chi connectivity index (χ0v) is 11.2. The molecular formula is C14H17N5. The Balaban J connectivity index is 2.07. The number of rotatable bonds is 3. The van der Waals surface area contributed by atoms with Gasteiger partial charge in [0.25, 0.3) is 0 Å². The van der Waals surface area contributed by atoms with Crippen LogP contribution in [0.4, 0.5) is 5.95 Å². The molecule has 5 heteroatoms. The molecule has 0 atom stereocenters. The Hall–Kier alpha value is -2.30. The van der Waals surface area contributed by atoms with Crippen LogP contribution in [0.2, 0.25) is 0 Å². The maximum absolute atomic E-state index is 6.02. The van der Waals surface area contributed by atoms with Gasteiger partial charge in [0, 0.05) is 18.8 Å². The summed E-state index contributed by atoms with van der Waals surface area (Å²) in [6.45, 7) is 2.82. The molecule has 0 bridgehead atoms. The first-order chi connectivity index (χ1) is 9.19. The number of nitrogen functional groups attached to an aromatic ring is 1. The monoisotopic (exact) mass is 255 g/mol. The molecule has 0 aliphatic carbocycles. The Morgan fingerprint density at radius 2 is 2.05 bits per heavy atom. The third kappa shape index (κ3) is 1.97. The SMILES string of the molecule is CCc1nn(C)cc1Cn1c(N)nc2ccccc21. The Labute approximate surface area is 111 Å². The highest BCUT2D eigenvalue weighted by atomic mass is 15.3. The van der Waals surface area contributed by atoms with Crippen molar-refractivity contribution >= 4 is 17.0 Å². The predicted octanol–water partition coefficient (Wildman–Crippen LogP) is 1.96. The molecular weight excluding hydrogens is 238 g/mol. The van der Waals surface area contributed by atoms with Gasteiger partial charge in [-0.15, -0.1) is 0 Å². The average molecular weight is 255 g/mol. The van der Waals surface area contributed by atoms with E-state index in [-0.39, 0.29) is 0 Å². The van der Waals surface area contributed by atoms with Crippen molar-refractivity contribution in [3.8, 4) is 0 Å². The lowest BCUT2D eigenvalue weighted by Crippen LogP contribution is -2.05. The van der Waals surface area contributed by atoms with Crippen LogP contribution >= 0.6 is 0 Å². The molecule has 5 nitrogen and oxygen atoms in total. The van der Waals surface area contributed by atoms with E-state index in [4.69, 9.17) is 5.73 Å². The van der Waals surface area contributed by atoms with Crippen LogP contribution in [0.15, 0.2) is 30.5 Å². The van der Waals surface area contributed by atoms with E-state index in [9.17, 15) is 0 Å². The van der Waals surface area contributed by atoms with Gasteiger partial charge in [0.2, 0.25) is 5.95 Å². The first-order valence-electron chi connectivity index (χ1n) is 6.41. The zero-order chi connectivity index (χ0) is 13.4. The van der Waals surface area contributed by atoms with Crippen LogP contribution in [0.25, 0.3) is 11.0 Å². The van der Waals surface area contributed by atoms with Crippen molar-refractivity contribution in [2.24, 2.45) is 7.05 Å². The maximum Gasteiger partial charge on any atom is 0.201 e. The number of hydrogen-bond acceptors (Lipinski definition) is 3. The topological polar surface area (TPSA) is 61.7 Å². The molecule has 0 unspecified atom stereocenters. The molecule has 0 aliphatic heterocycles. The Kier molecular flexibility index (Phi) is 2.74. The van der Waals surface area contributed by atoms with E-state index in [1.54, 1.807) is 0 Å². The third-order valence-corrected chi connectivity index (χ3v) is 3.34. The molecule has 1 aromatic carbocycles. The van der Waals surface area contributed by atoms with Crippen molar-refractivity contribution in [1.82, 2.24) is 19.3 Å². The number of hydrogen-bond donors (Lipinski definition) is 1. The quantitative estimate of drug-likeness (QED) is 0.778. The first kappa shape index (κ1) is 11.8. The fourth-order valence-electron chi connectivity index (χ4n) is 2.44. The molecule has 3 aromatic rings. The summed E-state index contributed by atoms with van der Waals surface area (Å²) in [6, 6.07) is 8.00. The summed E-state index contributed by atoms with van der Waals surface area (Å²) in [7, 11) is 1.94. The van der Waals surface area contributed by atoms with Gasteiger partial charge in [-0.3, -0.25) is 4.68 Å². The van der Waals surface area contributed by atoms with Crippen molar-refractivity contribution < 1.29 is 0 Å². The van der Waals surface area contributed by atoms with Gasteiger partial charge < -0.3 is 10.3 Å². The van der Waals surface area contributed by atoms with E-state index in [0.717, 1.165) is 23.1 Å². The number of nitrogens with two attached hydrogens (primary N) is 1. The van der Waals surface area contributed by atoms with Crippen LogP contribution in [0, 0.1) is 0 Å². The van der Waals surface area contributed by atoms with Crippen LogP contribution in [0.3, 0.4) is 0 Å². The summed E-state index contributed by atoms with van der Waals surface area (Å²) in [4.78, 5) is 4.39. The second kappa shape index (κ2) is 4.42. The van der Waals surface area contributed by atoms with Crippen LogP contribution in [-0.2, 0) is 20.0 Å². The molecule has 0 saturated carbocycles. The lowest BCUT2D eigenvalue weighted by molar-refractivity contribution is 0.746. The largest absolute Gasteiger partial charge is 0.369 e. The fraction of sp³-hybridized carbons (Fsp3) is 0.286. The molecule has 19 heavy (non-hydrogen) atoms. The zero-order valence-electron chi connectivity index (χ0n) is 11.2. The molecule has 98 valence electrons. The molecule has 3 rings (SSSR count). The molecule has 0 fully saturated rings. The van der Waals surface area contributed by atoms with Gasteiger partial charge in [-0.2, -0.15) is 5.10 Å². The van der Waals surface area contributed by atoms with Gasteiger partial charge in [0.15, 0.2) is 0 Å². The van der Waals surface area contributed by atoms with Gasteiger partial charge >= 0.3 is 0 Å². The van der Waals surface area contributed by atoms with E-state index in [2.05, 4.69) is 17.0 Å². The standard InChI is InChI=1S/C14H17N5/c1-3-11-10(8-18(2)17-11)9-19-13-7-5-4-6-12(13)16-14(19)15/h4-8H,3,9H2,1-2H3,(H2,15,16). The number of para-hydroxylation sites is 2. The summed E-state index contributed by atoms with van der Waals surface area (Å²) in [5, 5.41) is 4.46. The van der Waals surface area contributed by atoms with Gasteiger partial charge in [-0.1, -0.05) is 19.1 Å². The summed E-state index contributed by atoms with van der Waals surface area (Å²) in [5.74, 6) is 0.548. The summed E-state index contributed by atoms with van der Waals surface area (Å²) >= 11 is 0. The Bertz CT molecular complexity index is 723. The summed E-state index contributed by atoms with van der Waals surface area (Å²) < 4.78 is 3.88. The van der Waals surface area contributed by atoms with E-state index in [1.807, 2.05) is 46.8 Å². The molecule has 0 aliphatic rings. The molecule has 0 saturated heterocycles. The second-order valence-electron chi connectivity index (χ2n) is 4.67. The van der Waals surface area contributed by atoms with Gasteiger partial charge in [-0.05, 0) is 18.6 Å². The summed E-state index contributed by atoms with van der Waals surface area (Å²) in [5.41, 5.74) is 10.3. The van der Waals surface area contributed by atoms with Crippen molar-refractivity contribution in [3.05, 3.63) is 41.7 Å². The van der Waals surface area contributed by atoms with Crippen molar-refractivity contribution in [2.75, 3.05) is 5.73 Å². The number of anilines is 1. The smallest absolute Gasteiger partial charge is 0.201 e. The molecule has 2 aromatic heterocycles. The summed E-state index contributed by atoms with van der Waals surface area (Å²) in [6.07, 6.45) is 2.97.